The molecular formula is C14H14N6O. The summed E-state index contributed by atoms with van der Waals surface area (Å²) in [5, 5.41) is 9.06. The summed E-state index contributed by atoms with van der Waals surface area (Å²) < 4.78 is 5.59. The molecule has 0 spiro atoms. The number of nitrogen functional groups attached to an aromatic ring is 1. The van der Waals surface area contributed by atoms with Gasteiger partial charge in [0, 0.05) is 13.1 Å². The highest BCUT2D eigenvalue weighted by Gasteiger charge is 2.17. The largest absolute Gasteiger partial charge is 0.423 e. The molecule has 106 valence electrons. The third kappa shape index (κ3) is 2.84. The Balaban J connectivity index is 1.90. The zero-order valence-corrected chi connectivity index (χ0v) is 11.4. The van der Waals surface area contributed by atoms with E-state index >= 15 is 0 Å². The number of rotatable bonds is 3. The SMILES string of the molecule is N#Cc1ccccc1Oc1nc(N)nc(N2CCCC2)n1. The third-order valence-corrected chi connectivity index (χ3v) is 3.22. The Morgan fingerprint density at radius 2 is 1.90 bits per heavy atom. The van der Waals surface area contributed by atoms with E-state index in [2.05, 4.69) is 21.0 Å². The molecule has 1 aliphatic heterocycles. The van der Waals surface area contributed by atoms with Gasteiger partial charge in [0.25, 0.3) is 0 Å². The van der Waals surface area contributed by atoms with Crippen LogP contribution >= 0.6 is 0 Å². The fourth-order valence-corrected chi connectivity index (χ4v) is 2.21. The van der Waals surface area contributed by atoms with Gasteiger partial charge in [-0.1, -0.05) is 12.1 Å². The fourth-order valence-electron chi connectivity index (χ4n) is 2.21. The third-order valence-electron chi connectivity index (χ3n) is 3.22. The summed E-state index contributed by atoms with van der Waals surface area (Å²) in [6.07, 6.45) is 2.22. The van der Waals surface area contributed by atoms with Crippen molar-refractivity contribution >= 4 is 11.9 Å². The van der Waals surface area contributed by atoms with Crippen molar-refractivity contribution in [3.63, 3.8) is 0 Å². The molecule has 1 fully saturated rings. The lowest BCUT2D eigenvalue weighted by Gasteiger charge is -2.15. The molecule has 1 aromatic carbocycles. The molecule has 1 aromatic heterocycles. The van der Waals surface area contributed by atoms with Gasteiger partial charge in [-0.3, -0.25) is 0 Å². The number of ether oxygens (including phenoxy) is 1. The van der Waals surface area contributed by atoms with Crippen molar-refractivity contribution in [3.8, 4) is 17.8 Å². The zero-order valence-electron chi connectivity index (χ0n) is 11.4. The van der Waals surface area contributed by atoms with Crippen molar-refractivity contribution in [3.05, 3.63) is 29.8 Å². The van der Waals surface area contributed by atoms with E-state index < -0.39 is 0 Å². The molecule has 0 saturated carbocycles. The minimum absolute atomic E-state index is 0.104. The van der Waals surface area contributed by atoms with Gasteiger partial charge in [-0.15, -0.1) is 0 Å². The van der Waals surface area contributed by atoms with Gasteiger partial charge in [0.05, 0.1) is 5.56 Å². The first-order valence-electron chi connectivity index (χ1n) is 6.70. The Labute approximate surface area is 122 Å². The molecule has 2 heterocycles. The van der Waals surface area contributed by atoms with Gasteiger partial charge >= 0.3 is 6.01 Å². The summed E-state index contributed by atoms with van der Waals surface area (Å²) in [5.74, 6) is 1.03. The highest BCUT2D eigenvalue weighted by atomic mass is 16.5. The number of nitrogens with two attached hydrogens (primary N) is 1. The fraction of sp³-hybridized carbons (Fsp3) is 0.286. The number of anilines is 2. The number of hydrogen-bond donors (Lipinski definition) is 1. The van der Waals surface area contributed by atoms with Crippen LogP contribution in [0.15, 0.2) is 24.3 Å². The molecular weight excluding hydrogens is 268 g/mol. The summed E-state index contributed by atoms with van der Waals surface area (Å²) in [6.45, 7) is 1.80. The molecule has 0 unspecified atom stereocenters. The van der Waals surface area contributed by atoms with Crippen molar-refractivity contribution in [2.75, 3.05) is 23.7 Å². The highest BCUT2D eigenvalue weighted by molar-refractivity contribution is 5.44. The number of aromatic nitrogens is 3. The van der Waals surface area contributed by atoms with Crippen LogP contribution in [0, 0.1) is 11.3 Å². The van der Waals surface area contributed by atoms with Crippen molar-refractivity contribution < 1.29 is 4.74 Å². The lowest BCUT2D eigenvalue weighted by molar-refractivity contribution is 0.439. The van der Waals surface area contributed by atoms with Crippen LogP contribution < -0.4 is 15.4 Å². The minimum Gasteiger partial charge on any atom is -0.423 e. The number of hydrogen-bond acceptors (Lipinski definition) is 7. The topological polar surface area (TPSA) is 101 Å². The second kappa shape index (κ2) is 5.63. The Morgan fingerprint density at radius 3 is 2.67 bits per heavy atom. The van der Waals surface area contributed by atoms with Gasteiger partial charge in [-0.2, -0.15) is 20.2 Å². The minimum atomic E-state index is 0.104. The molecule has 2 N–H and O–H groups in total. The molecule has 7 nitrogen and oxygen atoms in total. The summed E-state index contributed by atoms with van der Waals surface area (Å²) in [4.78, 5) is 14.4. The average Bonchev–Trinajstić information content (AvgIpc) is 3.01. The molecule has 3 rings (SSSR count). The van der Waals surface area contributed by atoms with Crippen LogP contribution in [-0.4, -0.2) is 28.0 Å². The zero-order chi connectivity index (χ0) is 14.7. The molecule has 0 amide bonds. The van der Waals surface area contributed by atoms with Gasteiger partial charge in [-0.05, 0) is 25.0 Å². The average molecular weight is 282 g/mol. The molecule has 0 bridgehead atoms. The van der Waals surface area contributed by atoms with E-state index in [4.69, 9.17) is 15.7 Å². The highest BCUT2D eigenvalue weighted by Crippen LogP contribution is 2.24. The van der Waals surface area contributed by atoms with Crippen LogP contribution in [0.1, 0.15) is 18.4 Å². The maximum atomic E-state index is 9.06. The van der Waals surface area contributed by atoms with E-state index in [1.807, 2.05) is 4.90 Å². The van der Waals surface area contributed by atoms with Crippen LogP contribution in [0.4, 0.5) is 11.9 Å². The first kappa shape index (κ1) is 13.1. The van der Waals surface area contributed by atoms with Gasteiger partial charge < -0.3 is 15.4 Å². The molecule has 7 heteroatoms. The number of nitrogens with zero attached hydrogens (tertiary/aromatic N) is 5. The first-order chi connectivity index (χ1) is 10.3. The lowest BCUT2D eigenvalue weighted by Crippen LogP contribution is -2.21. The predicted octanol–water partition coefficient (Wildman–Crippen LogP) is 1.72. The van der Waals surface area contributed by atoms with E-state index in [0.717, 1.165) is 25.9 Å². The van der Waals surface area contributed by atoms with Crippen molar-refractivity contribution in [2.45, 2.75) is 12.8 Å². The number of nitriles is 1. The van der Waals surface area contributed by atoms with Crippen LogP contribution in [0.25, 0.3) is 0 Å². The van der Waals surface area contributed by atoms with Crippen molar-refractivity contribution in [2.24, 2.45) is 0 Å². The molecule has 21 heavy (non-hydrogen) atoms. The van der Waals surface area contributed by atoms with Crippen LogP contribution in [0.2, 0.25) is 0 Å². The summed E-state index contributed by atoms with van der Waals surface area (Å²) in [5.41, 5.74) is 6.13. The quantitative estimate of drug-likeness (QED) is 0.914. The van der Waals surface area contributed by atoms with Crippen LogP contribution in [0.5, 0.6) is 11.8 Å². The Hall–Kier alpha value is -2.88. The Kier molecular flexibility index (Phi) is 3.51. The normalized spacial score (nSPS) is 14.0. The van der Waals surface area contributed by atoms with Gasteiger partial charge in [0.1, 0.15) is 11.8 Å². The maximum absolute atomic E-state index is 9.06. The summed E-state index contributed by atoms with van der Waals surface area (Å²) in [7, 11) is 0. The molecule has 0 atom stereocenters. The van der Waals surface area contributed by atoms with E-state index in [9.17, 15) is 0 Å². The van der Waals surface area contributed by atoms with Crippen molar-refractivity contribution in [1.82, 2.24) is 15.0 Å². The van der Waals surface area contributed by atoms with Gasteiger partial charge in [-0.25, -0.2) is 0 Å². The molecule has 0 radical (unpaired) electrons. The van der Waals surface area contributed by atoms with E-state index in [1.54, 1.807) is 24.3 Å². The smallest absolute Gasteiger partial charge is 0.328 e. The van der Waals surface area contributed by atoms with Gasteiger partial charge in [0.15, 0.2) is 0 Å². The van der Waals surface area contributed by atoms with E-state index in [0.29, 0.717) is 17.3 Å². The standard InChI is InChI=1S/C14H14N6O/c15-9-10-5-1-2-6-11(10)21-14-18-12(16)17-13(19-14)20-7-3-4-8-20/h1-2,5-6H,3-4,7-8H2,(H2,16,17,18,19). The molecule has 1 saturated heterocycles. The van der Waals surface area contributed by atoms with E-state index in [-0.39, 0.29) is 12.0 Å². The molecule has 1 aliphatic rings. The van der Waals surface area contributed by atoms with Crippen molar-refractivity contribution in [1.29, 1.82) is 5.26 Å². The first-order valence-corrected chi connectivity index (χ1v) is 6.70. The lowest BCUT2D eigenvalue weighted by atomic mass is 10.2. The Morgan fingerprint density at radius 1 is 1.14 bits per heavy atom. The second-order valence-electron chi connectivity index (χ2n) is 4.68. The monoisotopic (exact) mass is 282 g/mol. The Bertz CT molecular complexity index is 690. The molecule has 0 aliphatic carbocycles. The number of benzene rings is 1. The van der Waals surface area contributed by atoms with E-state index in [1.165, 1.54) is 0 Å². The number of para-hydroxylation sites is 1. The summed E-state index contributed by atoms with van der Waals surface area (Å²) >= 11 is 0. The van der Waals surface area contributed by atoms with Crippen LogP contribution in [-0.2, 0) is 0 Å². The van der Waals surface area contributed by atoms with Crippen LogP contribution in [0.3, 0.4) is 0 Å². The predicted molar refractivity (Wildman–Crippen MR) is 76.9 cm³/mol. The van der Waals surface area contributed by atoms with Gasteiger partial charge in [0.2, 0.25) is 11.9 Å². The molecule has 2 aromatic rings. The maximum Gasteiger partial charge on any atom is 0.328 e. The second-order valence-corrected chi connectivity index (χ2v) is 4.68. The summed E-state index contributed by atoms with van der Waals surface area (Å²) in [6, 6.07) is 9.07.